The molecule has 10 rings (SSSR count). The van der Waals surface area contributed by atoms with Crippen LogP contribution in [0.4, 0.5) is 0 Å². The highest BCUT2D eigenvalue weighted by atomic mass is 32.1. The molecule has 0 N–H and O–H groups in total. The molecule has 0 bridgehead atoms. The zero-order valence-corrected chi connectivity index (χ0v) is 30.1. The van der Waals surface area contributed by atoms with Crippen LogP contribution in [0.25, 0.3) is 69.9 Å². The minimum atomic E-state index is 0.242. The van der Waals surface area contributed by atoms with Crippen molar-refractivity contribution in [3.8, 4) is 27.9 Å². The van der Waals surface area contributed by atoms with Gasteiger partial charge < -0.3 is 4.57 Å². The molecule has 53 heavy (non-hydrogen) atoms. The minimum Gasteiger partial charge on any atom is -0.309 e. The second-order valence-corrected chi connectivity index (χ2v) is 15.1. The lowest BCUT2D eigenvalue weighted by atomic mass is 9.84. The predicted octanol–water partition coefficient (Wildman–Crippen LogP) is 14.3. The minimum absolute atomic E-state index is 0.242. The molecular weight excluding hydrogens is 659 g/mol. The predicted molar refractivity (Wildman–Crippen MR) is 228 cm³/mol. The van der Waals surface area contributed by atoms with E-state index in [0.29, 0.717) is 0 Å². The van der Waals surface area contributed by atoms with Gasteiger partial charge in [0.25, 0.3) is 0 Å². The molecule has 1 unspecified atom stereocenters. The van der Waals surface area contributed by atoms with Crippen molar-refractivity contribution in [2.45, 2.75) is 18.8 Å². The Morgan fingerprint density at radius 1 is 0.396 bits per heavy atom. The molecule has 1 nitrogen and oxygen atoms in total. The summed E-state index contributed by atoms with van der Waals surface area (Å²) in [5.74, 6) is 0.242. The number of aromatic nitrogens is 1. The van der Waals surface area contributed by atoms with Crippen LogP contribution in [-0.4, -0.2) is 4.57 Å². The number of hydrogen-bond acceptors (Lipinski definition) is 1. The maximum absolute atomic E-state index is 2.47. The van der Waals surface area contributed by atoms with Crippen molar-refractivity contribution in [2.75, 3.05) is 0 Å². The van der Waals surface area contributed by atoms with E-state index in [1.807, 2.05) is 11.3 Å². The zero-order valence-electron chi connectivity index (χ0n) is 29.3. The van der Waals surface area contributed by atoms with Crippen LogP contribution in [0.5, 0.6) is 0 Å². The number of benzene rings is 8. The first-order chi connectivity index (χ1) is 26.3. The maximum atomic E-state index is 2.47. The Labute approximate surface area is 314 Å². The van der Waals surface area contributed by atoms with Gasteiger partial charge in [0.2, 0.25) is 0 Å². The summed E-state index contributed by atoms with van der Waals surface area (Å²) in [6, 6.07) is 71.6. The van der Waals surface area contributed by atoms with Crippen LogP contribution >= 0.6 is 11.3 Å². The van der Waals surface area contributed by atoms with E-state index in [1.54, 1.807) is 0 Å². The third-order valence-corrected chi connectivity index (χ3v) is 12.0. The fraction of sp³-hybridized carbons (Fsp3) is 0.0588. The third kappa shape index (κ3) is 5.82. The largest absolute Gasteiger partial charge is 0.309 e. The summed E-state index contributed by atoms with van der Waals surface area (Å²) in [5.41, 5.74) is 12.7. The highest BCUT2D eigenvalue weighted by Crippen LogP contribution is 2.40. The SMILES string of the molecule is c1ccc(-c2ccc(CCC(c3cccc(-c4ccc5c6ccccc6n(-c6ccccc6)c5c4)c3)c3ccc4sc5ccccc5c4c3)cc2)cc1. The second-order valence-electron chi connectivity index (χ2n) is 14.1. The van der Waals surface area contributed by atoms with Crippen molar-refractivity contribution in [1.82, 2.24) is 4.57 Å². The van der Waals surface area contributed by atoms with Gasteiger partial charge in [-0.15, -0.1) is 11.3 Å². The summed E-state index contributed by atoms with van der Waals surface area (Å²) in [6.07, 6.45) is 2.01. The normalized spacial score (nSPS) is 12.2. The quantitative estimate of drug-likeness (QED) is 0.149. The fourth-order valence-electron chi connectivity index (χ4n) is 8.23. The molecule has 0 aliphatic carbocycles. The van der Waals surface area contributed by atoms with Crippen LogP contribution in [0.2, 0.25) is 0 Å². The van der Waals surface area contributed by atoms with Crippen LogP contribution in [0.15, 0.2) is 194 Å². The number of thiophene rings is 1. The molecule has 0 amide bonds. The Kier molecular flexibility index (Phi) is 7.96. The van der Waals surface area contributed by atoms with Crippen molar-refractivity contribution in [3.63, 3.8) is 0 Å². The van der Waals surface area contributed by atoms with E-state index < -0.39 is 0 Å². The van der Waals surface area contributed by atoms with Crippen molar-refractivity contribution in [1.29, 1.82) is 0 Å². The lowest BCUT2D eigenvalue weighted by Gasteiger charge is -2.20. The molecule has 10 aromatic rings. The summed E-state index contributed by atoms with van der Waals surface area (Å²) in [4.78, 5) is 0. The molecule has 0 aliphatic rings. The molecule has 0 radical (unpaired) electrons. The molecular formula is C51H37NS. The first-order valence-electron chi connectivity index (χ1n) is 18.5. The van der Waals surface area contributed by atoms with Crippen LogP contribution in [0, 0.1) is 0 Å². The lowest BCUT2D eigenvalue weighted by Crippen LogP contribution is -2.04. The summed E-state index contributed by atoms with van der Waals surface area (Å²) in [6.45, 7) is 0. The van der Waals surface area contributed by atoms with E-state index in [-0.39, 0.29) is 5.92 Å². The van der Waals surface area contributed by atoms with Gasteiger partial charge in [0, 0.05) is 42.6 Å². The summed E-state index contributed by atoms with van der Waals surface area (Å²) in [7, 11) is 0. The monoisotopic (exact) mass is 695 g/mol. The number of fused-ring (bicyclic) bond motifs is 6. The van der Waals surface area contributed by atoms with Gasteiger partial charge >= 0.3 is 0 Å². The van der Waals surface area contributed by atoms with Crippen LogP contribution in [0.1, 0.15) is 29.0 Å². The molecule has 0 saturated carbocycles. The Morgan fingerprint density at radius 2 is 1.02 bits per heavy atom. The van der Waals surface area contributed by atoms with E-state index in [2.05, 4.69) is 199 Å². The first kappa shape index (κ1) is 31.5. The Bertz CT molecular complexity index is 2880. The van der Waals surface area contributed by atoms with Crippen molar-refractivity contribution < 1.29 is 0 Å². The fourth-order valence-corrected chi connectivity index (χ4v) is 9.32. The molecule has 0 spiro atoms. The summed E-state index contributed by atoms with van der Waals surface area (Å²) >= 11 is 1.89. The summed E-state index contributed by atoms with van der Waals surface area (Å²) in [5, 5.41) is 5.26. The number of aryl methyl sites for hydroxylation is 1. The molecule has 2 heteroatoms. The van der Waals surface area contributed by atoms with Gasteiger partial charge in [-0.05, 0) is 94.3 Å². The first-order valence-corrected chi connectivity index (χ1v) is 19.3. The highest BCUT2D eigenvalue weighted by molar-refractivity contribution is 7.25. The van der Waals surface area contributed by atoms with Crippen molar-refractivity contribution in [3.05, 3.63) is 211 Å². The molecule has 252 valence electrons. The van der Waals surface area contributed by atoms with E-state index in [0.717, 1.165) is 12.8 Å². The Balaban J connectivity index is 1.06. The van der Waals surface area contributed by atoms with Gasteiger partial charge in [-0.2, -0.15) is 0 Å². The smallest absolute Gasteiger partial charge is 0.0547 e. The van der Waals surface area contributed by atoms with E-state index >= 15 is 0 Å². The molecule has 0 fully saturated rings. The van der Waals surface area contributed by atoms with Gasteiger partial charge in [-0.3, -0.25) is 0 Å². The zero-order chi connectivity index (χ0) is 35.1. The third-order valence-electron chi connectivity index (χ3n) is 10.9. The van der Waals surface area contributed by atoms with Crippen LogP contribution < -0.4 is 0 Å². The molecule has 8 aromatic carbocycles. The highest BCUT2D eigenvalue weighted by Gasteiger charge is 2.19. The van der Waals surface area contributed by atoms with Crippen molar-refractivity contribution in [2.24, 2.45) is 0 Å². The van der Waals surface area contributed by atoms with Gasteiger partial charge in [-0.1, -0.05) is 152 Å². The Morgan fingerprint density at radius 3 is 1.87 bits per heavy atom. The van der Waals surface area contributed by atoms with Gasteiger partial charge in [-0.25, -0.2) is 0 Å². The lowest BCUT2D eigenvalue weighted by molar-refractivity contribution is 0.716. The molecule has 2 heterocycles. The Hall–Kier alpha value is -6.22. The molecule has 0 aliphatic heterocycles. The number of para-hydroxylation sites is 2. The van der Waals surface area contributed by atoms with Gasteiger partial charge in [0.05, 0.1) is 11.0 Å². The number of nitrogens with zero attached hydrogens (tertiary/aromatic N) is 1. The molecule has 1 atom stereocenters. The average Bonchev–Trinajstić information content (AvgIpc) is 3.77. The van der Waals surface area contributed by atoms with E-state index in [4.69, 9.17) is 0 Å². The maximum Gasteiger partial charge on any atom is 0.0547 e. The number of rotatable bonds is 8. The van der Waals surface area contributed by atoms with Crippen LogP contribution in [0.3, 0.4) is 0 Å². The topological polar surface area (TPSA) is 4.93 Å². The van der Waals surface area contributed by atoms with Gasteiger partial charge in [0.15, 0.2) is 0 Å². The van der Waals surface area contributed by atoms with Gasteiger partial charge in [0.1, 0.15) is 0 Å². The van der Waals surface area contributed by atoms with Crippen molar-refractivity contribution >= 4 is 53.3 Å². The second kappa shape index (κ2) is 13.4. The average molecular weight is 696 g/mol. The molecule has 2 aromatic heterocycles. The molecule has 0 saturated heterocycles. The van der Waals surface area contributed by atoms with E-state index in [9.17, 15) is 0 Å². The standard InChI is InChI=1S/C51H37NS/c1-3-12-36(13-4-1)37-25-22-35(23-26-37)24-29-43(41-28-31-51-47(33-41)46-19-8-10-21-50(46)53-51)40-15-11-14-38(32-40)39-27-30-45-44-18-7-9-20-48(44)52(49(45)34-39)42-16-5-2-6-17-42/h1-23,25-28,30-34,43H,24,29H2. The van der Waals surface area contributed by atoms with Crippen LogP contribution in [-0.2, 0) is 6.42 Å². The van der Waals surface area contributed by atoms with E-state index in [1.165, 1.54) is 86.6 Å². The summed E-state index contributed by atoms with van der Waals surface area (Å²) < 4.78 is 5.10. The number of hydrogen-bond donors (Lipinski definition) is 0.